The van der Waals surface area contributed by atoms with Gasteiger partial charge in [-0.2, -0.15) is 11.3 Å². The molecule has 1 aromatic carbocycles. The van der Waals surface area contributed by atoms with Gasteiger partial charge in [0.05, 0.1) is 4.92 Å². The molecule has 1 atom stereocenters. The Labute approximate surface area is 137 Å². The van der Waals surface area contributed by atoms with Crippen molar-refractivity contribution < 1.29 is 18.4 Å². The highest BCUT2D eigenvalue weighted by molar-refractivity contribution is 7.90. The molecule has 0 fully saturated rings. The first-order valence-electron chi connectivity index (χ1n) is 6.59. The fourth-order valence-corrected chi connectivity index (χ4v) is 3.67. The van der Waals surface area contributed by atoms with E-state index < -0.39 is 26.0 Å². The summed E-state index contributed by atoms with van der Waals surface area (Å²) in [5, 5.41) is 27.9. The maximum atomic E-state index is 11.7. The molecule has 124 valence electrons. The summed E-state index contributed by atoms with van der Waals surface area (Å²) in [5.74, 6) is 0. The van der Waals surface area contributed by atoms with Gasteiger partial charge in [0.15, 0.2) is 9.84 Å². The topological polar surface area (TPSA) is 110 Å². The van der Waals surface area contributed by atoms with E-state index in [2.05, 4.69) is 5.32 Å². The molecule has 1 heterocycles. The zero-order valence-corrected chi connectivity index (χ0v) is 14.1. The van der Waals surface area contributed by atoms with Gasteiger partial charge in [0.25, 0.3) is 5.69 Å². The fraction of sp³-hybridized carbons (Fsp3) is 0.286. The molecule has 0 aliphatic rings. The minimum Gasteiger partial charge on any atom is -0.384 e. The highest BCUT2D eigenvalue weighted by Crippen LogP contribution is 2.28. The minimum absolute atomic E-state index is 0.130. The molecular formula is C14H16N2O5S2. The Bertz CT molecular complexity index is 814. The number of nitro benzene ring substituents is 1. The molecule has 7 nitrogen and oxygen atoms in total. The van der Waals surface area contributed by atoms with Crippen LogP contribution in [0.15, 0.2) is 39.9 Å². The molecule has 2 aromatic rings. The van der Waals surface area contributed by atoms with E-state index in [1.54, 1.807) is 13.0 Å². The molecule has 0 bridgehead atoms. The van der Waals surface area contributed by atoms with Crippen LogP contribution < -0.4 is 5.32 Å². The van der Waals surface area contributed by atoms with E-state index in [1.807, 2.05) is 10.8 Å². The monoisotopic (exact) mass is 356 g/mol. The molecule has 0 amide bonds. The number of sulfone groups is 1. The molecule has 0 aliphatic carbocycles. The molecule has 1 unspecified atom stereocenters. The summed E-state index contributed by atoms with van der Waals surface area (Å²) < 4.78 is 23.4. The lowest BCUT2D eigenvalue weighted by Gasteiger charge is -2.23. The van der Waals surface area contributed by atoms with E-state index in [4.69, 9.17) is 0 Å². The van der Waals surface area contributed by atoms with Gasteiger partial charge in [0.2, 0.25) is 0 Å². The van der Waals surface area contributed by atoms with Crippen LogP contribution in [0.2, 0.25) is 0 Å². The third-order valence-corrected chi connectivity index (χ3v) is 5.14. The first kappa shape index (κ1) is 17.4. The van der Waals surface area contributed by atoms with Crippen molar-refractivity contribution in [3.05, 3.63) is 50.7 Å². The van der Waals surface area contributed by atoms with Crippen LogP contribution in [0.25, 0.3) is 0 Å². The first-order chi connectivity index (χ1) is 10.6. The number of nitro groups is 1. The summed E-state index contributed by atoms with van der Waals surface area (Å²) in [4.78, 5) is 9.84. The predicted molar refractivity (Wildman–Crippen MR) is 88.6 cm³/mol. The summed E-state index contributed by atoms with van der Waals surface area (Å²) in [6.45, 7) is 1.76. The molecule has 2 N–H and O–H groups in total. The Balaban J connectivity index is 2.27. The number of aliphatic hydroxyl groups is 1. The highest BCUT2D eigenvalue weighted by Gasteiger charge is 2.25. The van der Waals surface area contributed by atoms with Crippen LogP contribution in [0.3, 0.4) is 0 Å². The van der Waals surface area contributed by atoms with E-state index in [9.17, 15) is 23.6 Å². The van der Waals surface area contributed by atoms with Crippen LogP contribution in [0.1, 0.15) is 12.5 Å². The zero-order valence-electron chi connectivity index (χ0n) is 12.5. The number of rotatable bonds is 6. The number of anilines is 1. The number of hydrogen-bond donors (Lipinski definition) is 2. The summed E-state index contributed by atoms with van der Waals surface area (Å²) in [6.07, 6.45) is 0.917. The number of thiophene rings is 1. The average molecular weight is 356 g/mol. The number of benzene rings is 1. The van der Waals surface area contributed by atoms with Gasteiger partial charge in [-0.15, -0.1) is 0 Å². The maximum absolute atomic E-state index is 11.7. The van der Waals surface area contributed by atoms with E-state index >= 15 is 0 Å². The molecule has 9 heteroatoms. The van der Waals surface area contributed by atoms with E-state index in [1.165, 1.54) is 23.5 Å². The van der Waals surface area contributed by atoms with Crippen molar-refractivity contribution in [2.24, 2.45) is 0 Å². The lowest BCUT2D eigenvalue weighted by Crippen LogP contribution is -2.30. The second-order valence-corrected chi connectivity index (χ2v) is 8.12. The van der Waals surface area contributed by atoms with Crippen LogP contribution >= 0.6 is 11.3 Å². The standard InChI is InChI=1S/C14H16N2O5S2/c1-14(17,10-5-6-22-8-10)9-15-11-3-4-12(16(18)19)13(7-11)23(2,20)21/h3-8,15,17H,9H2,1-2H3. The molecule has 0 saturated carbocycles. The van der Waals surface area contributed by atoms with Gasteiger partial charge in [-0.1, -0.05) is 0 Å². The average Bonchev–Trinajstić information content (AvgIpc) is 2.99. The van der Waals surface area contributed by atoms with Gasteiger partial charge in [-0.05, 0) is 41.4 Å². The quantitative estimate of drug-likeness (QED) is 0.607. The SMILES string of the molecule is CC(O)(CNc1ccc([N+](=O)[O-])c(S(C)(=O)=O)c1)c1ccsc1. The molecule has 2 rings (SSSR count). The maximum Gasteiger partial charge on any atom is 0.288 e. The lowest BCUT2D eigenvalue weighted by molar-refractivity contribution is -0.387. The van der Waals surface area contributed by atoms with Crippen molar-refractivity contribution in [2.75, 3.05) is 18.1 Å². The van der Waals surface area contributed by atoms with Crippen molar-refractivity contribution in [2.45, 2.75) is 17.4 Å². The van der Waals surface area contributed by atoms with E-state index in [0.717, 1.165) is 17.9 Å². The van der Waals surface area contributed by atoms with E-state index in [0.29, 0.717) is 5.69 Å². The lowest BCUT2D eigenvalue weighted by atomic mass is 9.99. The second-order valence-electron chi connectivity index (χ2n) is 5.35. The van der Waals surface area contributed by atoms with Gasteiger partial charge >= 0.3 is 0 Å². The molecule has 0 saturated heterocycles. The zero-order chi connectivity index (χ0) is 17.3. The number of hydrogen-bond acceptors (Lipinski definition) is 7. The van der Waals surface area contributed by atoms with Gasteiger partial charge in [0.1, 0.15) is 10.5 Å². The Morgan fingerprint density at radius 3 is 2.61 bits per heavy atom. The van der Waals surface area contributed by atoms with Crippen molar-refractivity contribution in [1.82, 2.24) is 0 Å². The van der Waals surface area contributed by atoms with Crippen LogP contribution in [-0.4, -0.2) is 31.2 Å². The molecular weight excluding hydrogens is 340 g/mol. The van der Waals surface area contributed by atoms with Crippen molar-refractivity contribution in [1.29, 1.82) is 0 Å². The second kappa shape index (κ2) is 6.26. The third-order valence-electron chi connectivity index (χ3n) is 3.34. The van der Waals surface area contributed by atoms with Crippen molar-refractivity contribution in [3.63, 3.8) is 0 Å². The highest BCUT2D eigenvalue weighted by atomic mass is 32.2. The largest absolute Gasteiger partial charge is 0.384 e. The first-order valence-corrected chi connectivity index (χ1v) is 9.42. The van der Waals surface area contributed by atoms with Crippen LogP contribution in [0.4, 0.5) is 11.4 Å². The Morgan fingerprint density at radius 2 is 2.09 bits per heavy atom. The van der Waals surface area contributed by atoms with Crippen molar-refractivity contribution >= 4 is 32.5 Å². The molecule has 0 radical (unpaired) electrons. The molecule has 0 spiro atoms. The summed E-state index contributed by atoms with van der Waals surface area (Å²) in [7, 11) is -3.74. The predicted octanol–water partition coefficient (Wildman–Crippen LogP) is 2.38. The summed E-state index contributed by atoms with van der Waals surface area (Å²) in [5.41, 5.74) is -0.498. The molecule has 23 heavy (non-hydrogen) atoms. The van der Waals surface area contributed by atoms with Crippen LogP contribution in [-0.2, 0) is 15.4 Å². The van der Waals surface area contributed by atoms with Gasteiger partial charge in [-0.25, -0.2) is 8.42 Å². The van der Waals surface area contributed by atoms with Gasteiger partial charge in [0, 0.05) is 24.6 Å². The third kappa shape index (κ3) is 4.06. The van der Waals surface area contributed by atoms with Crippen LogP contribution in [0.5, 0.6) is 0 Å². The number of nitrogens with one attached hydrogen (secondary N) is 1. The smallest absolute Gasteiger partial charge is 0.288 e. The van der Waals surface area contributed by atoms with Crippen molar-refractivity contribution in [3.8, 4) is 0 Å². The van der Waals surface area contributed by atoms with Gasteiger partial charge in [-0.3, -0.25) is 10.1 Å². The fourth-order valence-electron chi connectivity index (χ4n) is 2.02. The van der Waals surface area contributed by atoms with Gasteiger partial charge < -0.3 is 10.4 Å². The Kier molecular flexibility index (Phi) is 4.73. The Hall–Kier alpha value is -1.97. The summed E-state index contributed by atoms with van der Waals surface area (Å²) >= 11 is 1.46. The summed E-state index contributed by atoms with van der Waals surface area (Å²) in [6, 6.07) is 5.55. The minimum atomic E-state index is -3.74. The molecule has 0 aliphatic heterocycles. The normalized spacial score (nSPS) is 14.2. The molecule has 1 aromatic heterocycles. The Morgan fingerprint density at radius 1 is 1.39 bits per heavy atom. The number of nitrogens with zero attached hydrogens (tertiary/aromatic N) is 1. The van der Waals surface area contributed by atoms with Crippen LogP contribution in [0, 0.1) is 10.1 Å². The van der Waals surface area contributed by atoms with E-state index in [-0.39, 0.29) is 11.4 Å².